The molecule has 1 aromatic carbocycles. The molecule has 0 amide bonds. The van der Waals surface area contributed by atoms with Gasteiger partial charge in [0, 0.05) is 11.8 Å². The molecule has 0 spiro atoms. The smallest absolute Gasteiger partial charge is 0.101 e. The summed E-state index contributed by atoms with van der Waals surface area (Å²) in [5.41, 5.74) is 3.76. The Labute approximate surface area is 101 Å². The van der Waals surface area contributed by atoms with E-state index in [0.29, 0.717) is 5.56 Å². The van der Waals surface area contributed by atoms with Gasteiger partial charge in [-0.3, -0.25) is 4.98 Å². The highest BCUT2D eigenvalue weighted by Gasteiger charge is 1.99. The maximum atomic E-state index is 8.70. The normalized spacial score (nSPS) is 9.59. The van der Waals surface area contributed by atoms with Crippen LogP contribution in [0.1, 0.15) is 11.1 Å². The van der Waals surface area contributed by atoms with Gasteiger partial charge < -0.3 is 0 Å². The lowest BCUT2D eigenvalue weighted by Gasteiger charge is -2.02. The molecule has 1 heterocycles. The van der Waals surface area contributed by atoms with Crippen LogP contribution >= 0.6 is 0 Å². The van der Waals surface area contributed by atoms with Crippen molar-refractivity contribution in [2.75, 3.05) is 0 Å². The number of hydrogen-bond acceptors (Lipinski definition) is 2. The number of nitrogens with zero attached hydrogens (tertiary/aromatic N) is 2. The topological polar surface area (TPSA) is 36.7 Å². The van der Waals surface area contributed by atoms with E-state index >= 15 is 0 Å². The summed E-state index contributed by atoms with van der Waals surface area (Å²) in [5, 5.41) is 8.70. The van der Waals surface area contributed by atoms with E-state index in [9.17, 15) is 0 Å². The Morgan fingerprint density at radius 2 is 1.94 bits per heavy atom. The van der Waals surface area contributed by atoms with Gasteiger partial charge in [0.2, 0.25) is 0 Å². The summed E-state index contributed by atoms with van der Waals surface area (Å²) in [6, 6.07) is 13.9. The van der Waals surface area contributed by atoms with Crippen LogP contribution in [0.3, 0.4) is 0 Å². The Balaban J connectivity index is 2.27. The molecule has 82 valence electrons. The van der Waals surface area contributed by atoms with Gasteiger partial charge in [-0.1, -0.05) is 30.3 Å². The number of allylic oxidation sites excluding steroid dienone is 1. The number of hydrogen-bond donors (Lipinski definition) is 0. The zero-order chi connectivity index (χ0) is 12.1. The summed E-state index contributed by atoms with van der Waals surface area (Å²) in [7, 11) is 0. The molecule has 0 unspecified atom stereocenters. The first kappa shape index (κ1) is 11.1. The molecule has 0 aliphatic heterocycles. The highest BCUT2D eigenvalue weighted by Crippen LogP contribution is 2.17. The van der Waals surface area contributed by atoms with Crippen molar-refractivity contribution in [3.63, 3.8) is 0 Å². The van der Waals surface area contributed by atoms with Crippen molar-refractivity contribution >= 4 is 0 Å². The minimum Gasteiger partial charge on any atom is -0.255 e. The van der Waals surface area contributed by atoms with Crippen molar-refractivity contribution in [3.05, 3.63) is 66.4 Å². The molecule has 0 saturated carbocycles. The van der Waals surface area contributed by atoms with Gasteiger partial charge in [0.25, 0.3) is 0 Å². The molecular weight excluding hydrogens is 208 g/mol. The largest absolute Gasteiger partial charge is 0.255 e. The molecule has 0 fully saturated rings. The van der Waals surface area contributed by atoms with E-state index in [1.165, 1.54) is 5.56 Å². The number of aromatic nitrogens is 1. The predicted molar refractivity (Wildman–Crippen MR) is 68.3 cm³/mol. The lowest BCUT2D eigenvalue weighted by atomic mass is 10.1. The zero-order valence-corrected chi connectivity index (χ0v) is 9.43. The van der Waals surface area contributed by atoms with Crippen LogP contribution < -0.4 is 0 Å². The Hall–Kier alpha value is -2.40. The fourth-order valence-electron chi connectivity index (χ4n) is 1.61. The summed E-state index contributed by atoms with van der Waals surface area (Å²) < 4.78 is 0. The molecule has 2 aromatic rings. The van der Waals surface area contributed by atoms with Gasteiger partial charge in [-0.05, 0) is 24.1 Å². The molecular formula is C15H12N2. The Morgan fingerprint density at radius 3 is 2.47 bits per heavy atom. The Kier molecular flexibility index (Phi) is 3.32. The van der Waals surface area contributed by atoms with E-state index in [-0.39, 0.29) is 0 Å². The van der Waals surface area contributed by atoms with Crippen LogP contribution in [0, 0.1) is 11.3 Å². The molecule has 0 aliphatic rings. The average Bonchev–Trinajstić information content (AvgIpc) is 2.40. The zero-order valence-electron chi connectivity index (χ0n) is 9.43. The van der Waals surface area contributed by atoms with Crippen molar-refractivity contribution in [2.45, 2.75) is 6.42 Å². The second-order valence-electron chi connectivity index (χ2n) is 3.73. The number of rotatable bonds is 3. The van der Waals surface area contributed by atoms with Crippen molar-refractivity contribution in [1.29, 1.82) is 5.26 Å². The third kappa shape index (κ3) is 2.59. The molecule has 2 rings (SSSR count). The third-order valence-electron chi connectivity index (χ3n) is 2.52. The highest BCUT2D eigenvalue weighted by molar-refractivity contribution is 5.59. The molecule has 0 bridgehead atoms. The molecule has 1 aromatic heterocycles. The molecule has 0 radical (unpaired) electrons. The van der Waals surface area contributed by atoms with E-state index in [1.807, 2.05) is 24.3 Å². The van der Waals surface area contributed by atoms with Gasteiger partial charge in [0.15, 0.2) is 0 Å². The van der Waals surface area contributed by atoms with E-state index in [1.54, 1.807) is 12.3 Å². The average molecular weight is 220 g/mol. The lowest BCUT2D eigenvalue weighted by molar-refractivity contribution is 1.26. The van der Waals surface area contributed by atoms with Crippen LogP contribution in [-0.2, 0) is 6.42 Å². The van der Waals surface area contributed by atoms with Crippen molar-refractivity contribution in [2.24, 2.45) is 0 Å². The van der Waals surface area contributed by atoms with E-state index in [0.717, 1.165) is 17.7 Å². The number of nitriles is 1. The standard InChI is InChI=1S/C15H12N2/c1-2-3-12-4-7-14(8-5-12)15-9-6-13(10-16)11-17-15/h2,4-9,11H,1,3H2. The summed E-state index contributed by atoms with van der Waals surface area (Å²) in [5.74, 6) is 0. The van der Waals surface area contributed by atoms with Crippen molar-refractivity contribution < 1.29 is 0 Å². The first-order chi connectivity index (χ1) is 8.33. The van der Waals surface area contributed by atoms with Crippen LogP contribution in [0.25, 0.3) is 11.3 Å². The highest BCUT2D eigenvalue weighted by atomic mass is 14.7. The van der Waals surface area contributed by atoms with Crippen LogP contribution in [0.4, 0.5) is 0 Å². The Bertz CT molecular complexity index is 545. The molecule has 2 nitrogen and oxygen atoms in total. The van der Waals surface area contributed by atoms with Crippen molar-refractivity contribution in [3.8, 4) is 17.3 Å². The van der Waals surface area contributed by atoms with E-state index < -0.39 is 0 Å². The molecule has 0 saturated heterocycles. The predicted octanol–water partition coefficient (Wildman–Crippen LogP) is 3.35. The van der Waals surface area contributed by atoms with Gasteiger partial charge in [-0.15, -0.1) is 6.58 Å². The van der Waals surface area contributed by atoms with Gasteiger partial charge in [-0.2, -0.15) is 5.26 Å². The molecule has 0 N–H and O–H groups in total. The summed E-state index contributed by atoms with van der Waals surface area (Å²) >= 11 is 0. The third-order valence-corrected chi connectivity index (χ3v) is 2.52. The minimum absolute atomic E-state index is 0.581. The second kappa shape index (κ2) is 5.09. The van der Waals surface area contributed by atoms with Gasteiger partial charge in [0.05, 0.1) is 11.3 Å². The summed E-state index contributed by atoms with van der Waals surface area (Å²) in [6.45, 7) is 3.71. The molecule has 0 atom stereocenters. The van der Waals surface area contributed by atoms with Crippen LogP contribution in [0.2, 0.25) is 0 Å². The fourth-order valence-corrected chi connectivity index (χ4v) is 1.61. The Morgan fingerprint density at radius 1 is 1.18 bits per heavy atom. The maximum Gasteiger partial charge on any atom is 0.101 e. The maximum absolute atomic E-state index is 8.70. The second-order valence-corrected chi connectivity index (χ2v) is 3.73. The molecule has 2 heteroatoms. The monoisotopic (exact) mass is 220 g/mol. The van der Waals surface area contributed by atoms with Gasteiger partial charge >= 0.3 is 0 Å². The fraction of sp³-hybridized carbons (Fsp3) is 0.0667. The number of benzene rings is 1. The quantitative estimate of drug-likeness (QED) is 0.744. The van der Waals surface area contributed by atoms with Crippen molar-refractivity contribution in [1.82, 2.24) is 4.98 Å². The van der Waals surface area contributed by atoms with E-state index in [4.69, 9.17) is 5.26 Å². The lowest BCUT2D eigenvalue weighted by Crippen LogP contribution is -1.86. The van der Waals surface area contributed by atoms with E-state index in [2.05, 4.69) is 29.8 Å². The van der Waals surface area contributed by atoms with Crippen LogP contribution in [-0.4, -0.2) is 4.98 Å². The van der Waals surface area contributed by atoms with Crippen LogP contribution in [0.5, 0.6) is 0 Å². The molecule has 17 heavy (non-hydrogen) atoms. The first-order valence-electron chi connectivity index (χ1n) is 5.40. The minimum atomic E-state index is 0.581. The summed E-state index contributed by atoms with van der Waals surface area (Å²) in [4.78, 5) is 4.25. The van der Waals surface area contributed by atoms with Gasteiger partial charge in [0.1, 0.15) is 6.07 Å². The first-order valence-corrected chi connectivity index (χ1v) is 5.40. The SMILES string of the molecule is C=CCc1ccc(-c2ccc(C#N)cn2)cc1. The van der Waals surface area contributed by atoms with Crippen LogP contribution in [0.15, 0.2) is 55.3 Å². The number of pyridine rings is 1. The van der Waals surface area contributed by atoms with Gasteiger partial charge in [-0.25, -0.2) is 0 Å². The summed E-state index contributed by atoms with van der Waals surface area (Å²) in [6.07, 6.45) is 4.35. The molecule has 0 aliphatic carbocycles.